The van der Waals surface area contributed by atoms with Crippen LogP contribution in [0.25, 0.3) is 0 Å². The summed E-state index contributed by atoms with van der Waals surface area (Å²) in [5.41, 5.74) is 2.96. The molecule has 3 rings (SSSR count). The van der Waals surface area contributed by atoms with Gasteiger partial charge in [0.2, 0.25) is 0 Å². The van der Waals surface area contributed by atoms with Crippen LogP contribution < -0.4 is 5.32 Å². The normalized spacial score (nSPS) is 19.5. The lowest BCUT2D eigenvalue weighted by Crippen LogP contribution is -2.31. The number of benzene rings is 1. The van der Waals surface area contributed by atoms with Crippen LogP contribution in [0, 0.1) is 8.80 Å². The van der Waals surface area contributed by atoms with E-state index in [-0.39, 0.29) is 0 Å². The van der Waals surface area contributed by atoms with E-state index in [0.29, 0.717) is 18.0 Å². The zero-order valence-corrected chi connectivity index (χ0v) is 15.6. The molecule has 1 aromatic heterocycles. The van der Waals surface area contributed by atoms with E-state index in [4.69, 9.17) is 0 Å². The van der Waals surface area contributed by atoms with Crippen LogP contribution in [0.1, 0.15) is 54.8 Å². The highest BCUT2D eigenvalue weighted by molar-refractivity contribution is 14.1. The highest BCUT2D eigenvalue weighted by atomic mass is 127. The topological polar surface area (TPSA) is 12.0 Å². The van der Waals surface area contributed by atoms with E-state index in [1.165, 1.54) is 27.7 Å². The number of thiophene rings is 1. The van der Waals surface area contributed by atoms with Gasteiger partial charge in [0.1, 0.15) is 0 Å². The molecule has 2 atom stereocenters. The second-order valence-electron chi connectivity index (χ2n) is 6.17. The lowest BCUT2D eigenvalue weighted by molar-refractivity contribution is 0.340. The molecular formula is C18H22INS. The van der Waals surface area contributed by atoms with Gasteiger partial charge in [0, 0.05) is 17.0 Å². The second-order valence-corrected chi connectivity index (χ2v) is 9.20. The Balaban J connectivity index is 1.84. The Kier molecular flexibility index (Phi) is 5.02. The highest BCUT2D eigenvalue weighted by Crippen LogP contribution is 2.38. The maximum Gasteiger partial charge on any atom is 0.0659 e. The molecule has 0 fully saturated rings. The monoisotopic (exact) mass is 411 g/mol. The minimum Gasteiger partial charge on any atom is -0.303 e. The molecule has 1 heterocycles. The first-order chi connectivity index (χ1) is 10.1. The van der Waals surface area contributed by atoms with Crippen molar-refractivity contribution in [3.8, 4) is 0 Å². The van der Waals surface area contributed by atoms with Gasteiger partial charge in [-0.25, -0.2) is 0 Å². The van der Waals surface area contributed by atoms with Crippen molar-refractivity contribution in [1.82, 2.24) is 5.32 Å². The predicted octanol–water partition coefficient (Wildman–Crippen LogP) is 5.72. The van der Waals surface area contributed by atoms with Crippen molar-refractivity contribution in [3.05, 3.63) is 55.3 Å². The van der Waals surface area contributed by atoms with E-state index in [1.807, 2.05) is 11.3 Å². The van der Waals surface area contributed by atoms with Gasteiger partial charge < -0.3 is 5.32 Å². The van der Waals surface area contributed by atoms with Crippen LogP contribution in [-0.4, -0.2) is 0 Å². The van der Waals surface area contributed by atoms with Crippen molar-refractivity contribution >= 4 is 33.9 Å². The summed E-state index contributed by atoms with van der Waals surface area (Å²) in [5, 5.41) is 3.94. The third-order valence-corrected chi connectivity index (χ3v) is 6.26. The van der Waals surface area contributed by atoms with Gasteiger partial charge in [0.25, 0.3) is 0 Å². The van der Waals surface area contributed by atoms with E-state index in [2.05, 4.69) is 78.2 Å². The average molecular weight is 411 g/mol. The van der Waals surface area contributed by atoms with Crippen LogP contribution in [0.2, 0.25) is 0 Å². The molecule has 0 saturated heterocycles. The Morgan fingerprint density at radius 2 is 2.00 bits per heavy atom. The molecule has 3 heteroatoms. The van der Waals surface area contributed by atoms with Crippen LogP contribution in [0.4, 0.5) is 0 Å². The summed E-state index contributed by atoms with van der Waals surface area (Å²) in [6, 6.07) is 14.2. The second kappa shape index (κ2) is 6.80. The molecule has 0 amide bonds. The van der Waals surface area contributed by atoms with Crippen molar-refractivity contribution in [3.63, 3.8) is 0 Å². The van der Waals surface area contributed by atoms with E-state index >= 15 is 0 Å². The lowest BCUT2D eigenvalue weighted by atomic mass is 9.90. The number of nitrogens with one attached hydrogen (secondary N) is 1. The van der Waals surface area contributed by atoms with Crippen molar-refractivity contribution in [2.45, 2.75) is 45.2 Å². The van der Waals surface area contributed by atoms with E-state index < -0.39 is 0 Å². The predicted molar refractivity (Wildman–Crippen MR) is 99.9 cm³/mol. The third-order valence-electron chi connectivity index (χ3n) is 4.29. The highest BCUT2D eigenvalue weighted by Gasteiger charge is 2.26. The SMILES string of the molecule is CC(C)C(NC1CCCc2sc(I)cc21)c1ccccc1. The molecule has 21 heavy (non-hydrogen) atoms. The van der Waals surface area contributed by atoms with Crippen molar-refractivity contribution in [2.24, 2.45) is 5.92 Å². The van der Waals surface area contributed by atoms with Crippen molar-refractivity contribution in [2.75, 3.05) is 0 Å². The van der Waals surface area contributed by atoms with Crippen LogP contribution in [0.5, 0.6) is 0 Å². The van der Waals surface area contributed by atoms with Gasteiger partial charge in [0.05, 0.1) is 2.88 Å². The molecule has 2 unspecified atom stereocenters. The first kappa shape index (κ1) is 15.5. The zero-order chi connectivity index (χ0) is 14.8. The Morgan fingerprint density at radius 1 is 1.24 bits per heavy atom. The summed E-state index contributed by atoms with van der Waals surface area (Å²) >= 11 is 4.43. The minimum absolute atomic E-state index is 0.430. The third kappa shape index (κ3) is 3.51. The van der Waals surface area contributed by atoms with Gasteiger partial charge in [-0.2, -0.15) is 0 Å². The molecule has 2 aromatic rings. The molecular weight excluding hydrogens is 389 g/mol. The molecule has 0 radical (unpaired) electrons. The molecule has 0 aliphatic heterocycles. The fourth-order valence-corrected chi connectivity index (χ4v) is 5.36. The number of fused-ring (bicyclic) bond motifs is 1. The van der Waals surface area contributed by atoms with Crippen molar-refractivity contribution < 1.29 is 0 Å². The van der Waals surface area contributed by atoms with E-state index in [0.717, 1.165) is 0 Å². The Bertz CT molecular complexity index is 591. The molecule has 1 aromatic carbocycles. The quantitative estimate of drug-likeness (QED) is 0.635. The average Bonchev–Trinajstić information content (AvgIpc) is 2.86. The summed E-state index contributed by atoms with van der Waals surface area (Å²) in [5.74, 6) is 0.593. The summed E-state index contributed by atoms with van der Waals surface area (Å²) < 4.78 is 1.42. The van der Waals surface area contributed by atoms with E-state index in [9.17, 15) is 0 Å². The molecule has 1 aliphatic carbocycles. The first-order valence-electron chi connectivity index (χ1n) is 7.74. The van der Waals surface area contributed by atoms with Crippen LogP contribution >= 0.6 is 33.9 Å². The zero-order valence-electron chi connectivity index (χ0n) is 12.6. The molecule has 0 spiro atoms. The number of aryl methyl sites for hydroxylation is 1. The molecule has 112 valence electrons. The maximum absolute atomic E-state index is 3.94. The number of hydrogen-bond donors (Lipinski definition) is 1. The maximum atomic E-state index is 3.94. The first-order valence-corrected chi connectivity index (χ1v) is 9.64. The Morgan fingerprint density at radius 3 is 2.71 bits per heavy atom. The molecule has 0 bridgehead atoms. The van der Waals surface area contributed by atoms with Crippen LogP contribution in [-0.2, 0) is 6.42 Å². The molecule has 0 saturated carbocycles. The van der Waals surface area contributed by atoms with Crippen molar-refractivity contribution in [1.29, 1.82) is 0 Å². The molecule has 1 nitrogen and oxygen atoms in total. The van der Waals surface area contributed by atoms with Crippen LogP contribution in [0.3, 0.4) is 0 Å². The largest absolute Gasteiger partial charge is 0.303 e. The van der Waals surface area contributed by atoms with E-state index in [1.54, 1.807) is 10.4 Å². The Labute approximate surface area is 145 Å². The van der Waals surface area contributed by atoms with Gasteiger partial charge >= 0.3 is 0 Å². The summed E-state index contributed by atoms with van der Waals surface area (Å²) in [6.45, 7) is 4.62. The smallest absolute Gasteiger partial charge is 0.0659 e. The number of rotatable bonds is 4. The summed E-state index contributed by atoms with van der Waals surface area (Å²) in [4.78, 5) is 1.60. The fraction of sp³-hybridized carbons (Fsp3) is 0.444. The standard InChI is InChI=1S/C18H22INS/c1-12(2)18(13-7-4-3-5-8-13)20-15-9-6-10-16-14(15)11-17(19)21-16/h3-5,7-8,11-12,15,18,20H,6,9-10H2,1-2H3. The summed E-state index contributed by atoms with van der Waals surface area (Å²) in [6.07, 6.45) is 3.83. The lowest BCUT2D eigenvalue weighted by Gasteiger charge is -2.31. The van der Waals surface area contributed by atoms with Gasteiger partial charge in [-0.15, -0.1) is 11.3 Å². The molecule has 1 aliphatic rings. The summed E-state index contributed by atoms with van der Waals surface area (Å²) in [7, 11) is 0. The Hall–Kier alpha value is -0.390. The van der Waals surface area contributed by atoms with Gasteiger partial charge in [-0.05, 0) is 65.0 Å². The van der Waals surface area contributed by atoms with Gasteiger partial charge in [0.15, 0.2) is 0 Å². The number of hydrogen-bond acceptors (Lipinski definition) is 2. The number of halogens is 1. The minimum atomic E-state index is 0.430. The van der Waals surface area contributed by atoms with Crippen LogP contribution in [0.15, 0.2) is 36.4 Å². The fourth-order valence-electron chi connectivity index (χ4n) is 3.25. The van der Waals surface area contributed by atoms with Gasteiger partial charge in [-0.3, -0.25) is 0 Å². The van der Waals surface area contributed by atoms with Gasteiger partial charge in [-0.1, -0.05) is 44.2 Å². The molecule has 1 N–H and O–H groups in total.